The molecule has 1 amide bonds. The lowest BCUT2D eigenvalue weighted by Crippen LogP contribution is -2.59. The van der Waals surface area contributed by atoms with E-state index in [0.29, 0.717) is 5.56 Å². The Morgan fingerprint density at radius 2 is 2.12 bits per heavy atom. The monoisotopic (exact) mass is 222 g/mol. The number of amides is 1. The second kappa shape index (κ2) is 3.28. The van der Waals surface area contributed by atoms with Crippen molar-refractivity contribution < 1.29 is 9.72 Å². The van der Waals surface area contributed by atoms with E-state index in [0.717, 1.165) is 5.69 Å². The van der Waals surface area contributed by atoms with Gasteiger partial charge in [-0.2, -0.15) is 10.0 Å². The van der Waals surface area contributed by atoms with E-state index in [1.807, 2.05) is 14.1 Å². The minimum absolute atomic E-state index is 0.0217. The van der Waals surface area contributed by atoms with Crippen molar-refractivity contribution in [2.75, 3.05) is 14.1 Å². The summed E-state index contributed by atoms with van der Waals surface area (Å²) in [5.74, 6) is -0.127. The summed E-state index contributed by atoms with van der Waals surface area (Å²) in [7, 11) is 3.64. The zero-order valence-electron chi connectivity index (χ0n) is 9.06. The molecule has 84 valence electrons. The van der Waals surface area contributed by atoms with Crippen LogP contribution in [0.3, 0.4) is 0 Å². The van der Waals surface area contributed by atoms with E-state index >= 15 is 0 Å². The molecule has 0 radical (unpaired) electrons. The van der Waals surface area contributed by atoms with Gasteiger partial charge in [0.15, 0.2) is 5.69 Å². The third kappa shape index (κ3) is 1.63. The van der Waals surface area contributed by atoms with Crippen LogP contribution in [0.25, 0.3) is 0 Å². The number of hydrogen-bond acceptors (Lipinski definition) is 3. The molecule has 1 aliphatic heterocycles. The number of carbonyl (C=O) groups excluding carboxylic acids is 1. The van der Waals surface area contributed by atoms with Crippen molar-refractivity contribution in [2.45, 2.75) is 6.42 Å². The highest BCUT2D eigenvalue weighted by Gasteiger charge is 2.32. The van der Waals surface area contributed by atoms with Gasteiger partial charge in [0.2, 0.25) is 0 Å². The molecule has 1 aliphatic rings. The largest absolute Gasteiger partial charge is 0.270 e. The molecule has 1 aromatic carbocycles. The van der Waals surface area contributed by atoms with Crippen LogP contribution in [0.5, 0.6) is 0 Å². The standard InChI is InChI=1S/C10H11N3O3/c1-13(2)9-4-3-8(12(15)16)5-7(9)6-10(14)11-13/h3-5H,6H2,1-2H3/p+1. The van der Waals surface area contributed by atoms with Gasteiger partial charge in [-0.25, -0.2) is 0 Å². The van der Waals surface area contributed by atoms with Gasteiger partial charge in [-0.15, -0.1) is 0 Å². The zero-order chi connectivity index (χ0) is 11.9. The predicted octanol–water partition coefficient (Wildman–Crippen LogP) is 0.749. The van der Waals surface area contributed by atoms with Crippen LogP contribution in [0.2, 0.25) is 0 Å². The fourth-order valence-electron chi connectivity index (χ4n) is 1.96. The maximum atomic E-state index is 11.4. The quantitative estimate of drug-likeness (QED) is 0.433. The molecule has 1 N–H and O–H groups in total. The number of nitro benzene ring substituents is 1. The minimum atomic E-state index is -0.452. The molecule has 1 aromatic rings. The molecule has 0 unspecified atom stereocenters. The molecule has 0 saturated carbocycles. The molecule has 6 nitrogen and oxygen atoms in total. The summed E-state index contributed by atoms with van der Waals surface area (Å²) in [6, 6.07) is 4.61. The second-order valence-corrected chi connectivity index (χ2v) is 4.24. The molecular weight excluding hydrogens is 210 g/mol. The molecule has 6 heteroatoms. The third-order valence-corrected chi connectivity index (χ3v) is 2.63. The van der Waals surface area contributed by atoms with Gasteiger partial charge in [0.25, 0.3) is 11.6 Å². The number of fused-ring (bicyclic) bond motifs is 1. The van der Waals surface area contributed by atoms with Crippen LogP contribution >= 0.6 is 0 Å². The van der Waals surface area contributed by atoms with E-state index in [2.05, 4.69) is 5.43 Å². The number of nitrogens with zero attached hydrogens (tertiary/aromatic N) is 2. The van der Waals surface area contributed by atoms with E-state index in [4.69, 9.17) is 0 Å². The average molecular weight is 222 g/mol. The highest BCUT2D eigenvalue weighted by Crippen LogP contribution is 2.30. The Labute approximate surface area is 92.2 Å². The number of nitrogens with one attached hydrogen (secondary N) is 1. The fraction of sp³-hybridized carbons (Fsp3) is 0.300. The Hall–Kier alpha value is -1.95. The summed E-state index contributed by atoms with van der Waals surface area (Å²) in [5.41, 5.74) is 4.40. The Morgan fingerprint density at radius 3 is 2.75 bits per heavy atom. The highest BCUT2D eigenvalue weighted by molar-refractivity contribution is 5.84. The maximum Gasteiger partial charge on any atom is 0.270 e. The molecule has 0 saturated heterocycles. The first-order chi connectivity index (χ1) is 7.40. The van der Waals surface area contributed by atoms with Gasteiger partial charge in [0, 0.05) is 23.8 Å². The molecule has 2 rings (SSSR count). The molecule has 16 heavy (non-hydrogen) atoms. The SMILES string of the molecule is C[N+]1(C)NC(=O)Cc2cc([N+](=O)[O-])ccc21. The number of rotatable bonds is 1. The van der Waals surface area contributed by atoms with Crippen molar-refractivity contribution >= 4 is 17.3 Å². The van der Waals surface area contributed by atoms with Crippen LogP contribution in [-0.2, 0) is 11.2 Å². The number of hydrogen-bond donors (Lipinski definition) is 1. The summed E-state index contributed by atoms with van der Waals surface area (Å²) in [6.45, 7) is 0. The molecule has 1 heterocycles. The van der Waals surface area contributed by atoms with Gasteiger partial charge >= 0.3 is 0 Å². The van der Waals surface area contributed by atoms with E-state index < -0.39 is 4.92 Å². The van der Waals surface area contributed by atoms with Gasteiger partial charge in [-0.05, 0) is 0 Å². The van der Waals surface area contributed by atoms with Crippen molar-refractivity contribution in [2.24, 2.45) is 0 Å². The first kappa shape index (κ1) is 10.6. The predicted molar refractivity (Wildman–Crippen MR) is 58.6 cm³/mol. The molecular formula is C10H12N3O3+. The van der Waals surface area contributed by atoms with Crippen LogP contribution in [0.4, 0.5) is 11.4 Å². The lowest BCUT2D eigenvalue weighted by molar-refractivity contribution is -0.384. The van der Waals surface area contributed by atoms with Crippen LogP contribution in [0.15, 0.2) is 18.2 Å². The number of non-ortho nitro benzene ring substituents is 1. The Bertz CT molecular complexity index is 482. The molecule has 0 atom stereocenters. The lowest BCUT2D eigenvalue weighted by atomic mass is 10.1. The first-order valence-corrected chi connectivity index (χ1v) is 4.83. The van der Waals surface area contributed by atoms with Gasteiger partial charge in [0.1, 0.15) is 0 Å². The summed E-state index contributed by atoms with van der Waals surface area (Å²) in [4.78, 5) is 21.6. The van der Waals surface area contributed by atoms with Crippen LogP contribution in [-0.4, -0.2) is 24.9 Å². The fourth-order valence-corrected chi connectivity index (χ4v) is 1.96. The average Bonchev–Trinajstić information content (AvgIpc) is 2.14. The van der Waals surface area contributed by atoms with Gasteiger partial charge in [-0.1, -0.05) is 0 Å². The van der Waals surface area contributed by atoms with E-state index in [-0.39, 0.29) is 22.6 Å². The Balaban J connectivity index is 2.55. The summed E-state index contributed by atoms with van der Waals surface area (Å²) in [5, 5.41) is 10.6. The van der Waals surface area contributed by atoms with Crippen molar-refractivity contribution in [3.63, 3.8) is 0 Å². The normalized spacial score (nSPS) is 17.5. The summed E-state index contributed by atoms with van der Waals surface area (Å²) < 4.78 is 0.214. The van der Waals surface area contributed by atoms with E-state index in [9.17, 15) is 14.9 Å². The summed E-state index contributed by atoms with van der Waals surface area (Å²) >= 11 is 0. The number of quaternary nitrogens is 1. The molecule has 0 aliphatic carbocycles. The van der Waals surface area contributed by atoms with Gasteiger partial charge in [-0.3, -0.25) is 14.9 Å². The molecule has 0 aromatic heterocycles. The lowest BCUT2D eigenvalue weighted by Gasteiger charge is -2.33. The second-order valence-electron chi connectivity index (χ2n) is 4.24. The number of carbonyl (C=O) groups is 1. The van der Waals surface area contributed by atoms with Crippen LogP contribution in [0, 0.1) is 10.1 Å². The molecule has 0 spiro atoms. The van der Waals surface area contributed by atoms with Crippen LogP contribution < -0.4 is 10.0 Å². The van der Waals surface area contributed by atoms with Crippen LogP contribution in [0.1, 0.15) is 5.56 Å². The maximum absolute atomic E-state index is 11.4. The van der Waals surface area contributed by atoms with E-state index in [1.54, 1.807) is 6.07 Å². The van der Waals surface area contributed by atoms with Crippen molar-refractivity contribution in [3.8, 4) is 0 Å². The Morgan fingerprint density at radius 1 is 1.44 bits per heavy atom. The molecule has 0 bridgehead atoms. The third-order valence-electron chi connectivity index (χ3n) is 2.63. The first-order valence-electron chi connectivity index (χ1n) is 4.83. The van der Waals surface area contributed by atoms with E-state index in [1.165, 1.54) is 12.1 Å². The smallest absolute Gasteiger partial charge is 0.270 e. The number of benzene rings is 1. The topological polar surface area (TPSA) is 72.2 Å². The summed E-state index contributed by atoms with van der Waals surface area (Å²) in [6.07, 6.45) is 0.193. The Kier molecular flexibility index (Phi) is 2.16. The molecule has 0 fully saturated rings. The minimum Gasteiger partial charge on any atom is -0.270 e. The van der Waals surface area contributed by atoms with Crippen molar-refractivity contribution in [1.29, 1.82) is 0 Å². The van der Waals surface area contributed by atoms with Crippen molar-refractivity contribution in [1.82, 2.24) is 10.0 Å². The van der Waals surface area contributed by atoms with Gasteiger partial charge in [0.05, 0.1) is 25.4 Å². The van der Waals surface area contributed by atoms with Gasteiger partial charge < -0.3 is 0 Å². The zero-order valence-corrected chi connectivity index (χ0v) is 9.06. The van der Waals surface area contributed by atoms with Crippen molar-refractivity contribution in [3.05, 3.63) is 33.9 Å². The number of nitro groups is 1. The highest BCUT2D eigenvalue weighted by atomic mass is 16.6.